The summed E-state index contributed by atoms with van der Waals surface area (Å²) in [7, 11) is -3.71. The van der Waals surface area contributed by atoms with Crippen LogP contribution in [0.2, 0.25) is 5.02 Å². The van der Waals surface area contributed by atoms with E-state index in [-0.39, 0.29) is 5.91 Å². The number of fused-ring (bicyclic) bond motifs is 1. The molecule has 0 aliphatic rings. The van der Waals surface area contributed by atoms with Gasteiger partial charge in [0.15, 0.2) is 0 Å². The third kappa shape index (κ3) is 4.71. The van der Waals surface area contributed by atoms with Gasteiger partial charge in [-0.1, -0.05) is 60.1 Å². The SMILES string of the molecule is Cc1ccc(Cl)cc1N([C@@H](C)C(=O)NCc1cccc2ccccc12)S(C)(=O)=O. The second kappa shape index (κ2) is 8.43. The maximum atomic E-state index is 12.9. The zero-order valence-corrected chi connectivity index (χ0v) is 18.1. The minimum absolute atomic E-state index is 0.302. The van der Waals surface area contributed by atoms with Crippen LogP contribution in [0.15, 0.2) is 60.7 Å². The van der Waals surface area contributed by atoms with E-state index in [1.54, 1.807) is 32.0 Å². The smallest absolute Gasteiger partial charge is 0.243 e. The highest BCUT2D eigenvalue weighted by Gasteiger charge is 2.30. The topological polar surface area (TPSA) is 66.5 Å². The van der Waals surface area contributed by atoms with Crippen LogP contribution in [0, 0.1) is 6.92 Å². The van der Waals surface area contributed by atoms with Crippen molar-refractivity contribution in [2.24, 2.45) is 0 Å². The molecular formula is C22H23ClN2O3S. The van der Waals surface area contributed by atoms with Gasteiger partial charge >= 0.3 is 0 Å². The molecule has 0 bridgehead atoms. The lowest BCUT2D eigenvalue weighted by Crippen LogP contribution is -2.48. The molecule has 0 saturated heterocycles. The van der Waals surface area contributed by atoms with E-state index in [9.17, 15) is 13.2 Å². The fraction of sp³-hybridized carbons (Fsp3) is 0.227. The Hall–Kier alpha value is -2.57. The van der Waals surface area contributed by atoms with Gasteiger partial charge in [-0.05, 0) is 47.9 Å². The zero-order valence-electron chi connectivity index (χ0n) is 16.5. The average molecular weight is 431 g/mol. The van der Waals surface area contributed by atoms with Crippen LogP contribution in [-0.4, -0.2) is 26.6 Å². The van der Waals surface area contributed by atoms with Gasteiger partial charge in [0.1, 0.15) is 6.04 Å². The molecule has 3 aromatic rings. The molecule has 1 N–H and O–H groups in total. The molecule has 29 heavy (non-hydrogen) atoms. The number of amides is 1. The number of aryl methyl sites for hydroxylation is 1. The Kier molecular flexibility index (Phi) is 6.15. The van der Waals surface area contributed by atoms with Crippen molar-refractivity contribution in [3.05, 3.63) is 76.8 Å². The van der Waals surface area contributed by atoms with Crippen molar-refractivity contribution in [2.75, 3.05) is 10.6 Å². The van der Waals surface area contributed by atoms with E-state index in [0.29, 0.717) is 22.8 Å². The van der Waals surface area contributed by atoms with Crippen molar-refractivity contribution in [1.29, 1.82) is 0 Å². The number of carbonyl (C=O) groups is 1. The number of nitrogens with one attached hydrogen (secondary N) is 1. The van der Waals surface area contributed by atoms with Crippen LogP contribution in [0.5, 0.6) is 0 Å². The van der Waals surface area contributed by atoms with Crippen molar-refractivity contribution >= 4 is 44.0 Å². The number of benzene rings is 3. The summed E-state index contributed by atoms with van der Waals surface area (Å²) in [4.78, 5) is 12.9. The molecule has 5 nitrogen and oxygen atoms in total. The molecule has 1 amide bonds. The zero-order chi connectivity index (χ0) is 21.2. The van der Waals surface area contributed by atoms with Crippen molar-refractivity contribution in [2.45, 2.75) is 26.4 Å². The number of hydrogen-bond acceptors (Lipinski definition) is 3. The molecule has 152 valence electrons. The summed E-state index contributed by atoms with van der Waals surface area (Å²) in [6, 6.07) is 17.9. The van der Waals surface area contributed by atoms with E-state index in [0.717, 1.165) is 26.9 Å². The van der Waals surface area contributed by atoms with Crippen molar-refractivity contribution in [3.8, 4) is 0 Å². The van der Waals surface area contributed by atoms with E-state index in [4.69, 9.17) is 11.6 Å². The van der Waals surface area contributed by atoms with Gasteiger partial charge < -0.3 is 5.32 Å². The van der Waals surface area contributed by atoms with Gasteiger partial charge in [-0.3, -0.25) is 9.10 Å². The van der Waals surface area contributed by atoms with E-state index >= 15 is 0 Å². The van der Waals surface area contributed by atoms with Crippen molar-refractivity contribution in [3.63, 3.8) is 0 Å². The highest BCUT2D eigenvalue weighted by molar-refractivity contribution is 7.92. The molecule has 0 aromatic heterocycles. The predicted molar refractivity (Wildman–Crippen MR) is 119 cm³/mol. The Balaban J connectivity index is 1.85. The largest absolute Gasteiger partial charge is 0.350 e. The number of sulfonamides is 1. The summed E-state index contributed by atoms with van der Waals surface area (Å²) in [6.45, 7) is 3.65. The second-order valence-corrected chi connectivity index (χ2v) is 9.32. The Morgan fingerprint density at radius 1 is 1.10 bits per heavy atom. The molecule has 0 spiro atoms. The van der Waals surface area contributed by atoms with Gasteiger partial charge in [0.2, 0.25) is 15.9 Å². The van der Waals surface area contributed by atoms with Crippen LogP contribution in [0.4, 0.5) is 5.69 Å². The minimum atomic E-state index is -3.71. The Labute approximate surface area is 176 Å². The maximum absolute atomic E-state index is 12.9. The number of anilines is 1. The van der Waals surface area contributed by atoms with Crippen LogP contribution in [0.25, 0.3) is 10.8 Å². The van der Waals surface area contributed by atoms with Gasteiger partial charge in [0, 0.05) is 11.6 Å². The molecule has 7 heteroatoms. The molecule has 3 rings (SSSR count). The maximum Gasteiger partial charge on any atom is 0.243 e. The number of halogens is 1. The lowest BCUT2D eigenvalue weighted by Gasteiger charge is -2.29. The first-order chi connectivity index (χ1) is 13.7. The van der Waals surface area contributed by atoms with Gasteiger partial charge in [-0.25, -0.2) is 8.42 Å². The quantitative estimate of drug-likeness (QED) is 0.635. The minimum Gasteiger partial charge on any atom is -0.350 e. The summed E-state index contributed by atoms with van der Waals surface area (Å²) in [5.74, 6) is -0.386. The Morgan fingerprint density at radius 2 is 1.79 bits per heavy atom. The van der Waals surface area contributed by atoms with Gasteiger partial charge in [0.05, 0.1) is 11.9 Å². The normalized spacial score (nSPS) is 12.6. The monoisotopic (exact) mass is 430 g/mol. The van der Waals surface area contributed by atoms with Crippen LogP contribution in [0.3, 0.4) is 0 Å². The third-order valence-electron chi connectivity index (χ3n) is 4.83. The summed E-state index contributed by atoms with van der Waals surface area (Å²) < 4.78 is 26.1. The van der Waals surface area contributed by atoms with Gasteiger partial charge in [0.25, 0.3) is 0 Å². The summed E-state index contributed by atoms with van der Waals surface area (Å²) in [5.41, 5.74) is 2.08. The standard InChI is InChI=1S/C22H23ClN2O3S/c1-15-11-12-19(23)13-21(15)25(29(3,27)28)16(2)22(26)24-14-18-9-6-8-17-7-4-5-10-20(17)18/h4-13,16H,14H2,1-3H3,(H,24,26)/t16-/m0/s1. The molecular weight excluding hydrogens is 408 g/mol. The molecule has 0 aliphatic carbocycles. The van der Waals surface area contributed by atoms with E-state index < -0.39 is 16.1 Å². The number of nitrogens with zero attached hydrogens (tertiary/aromatic N) is 1. The third-order valence-corrected chi connectivity index (χ3v) is 6.29. The predicted octanol–water partition coefficient (Wildman–Crippen LogP) is 4.27. The van der Waals surface area contributed by atoms with Crippen LogP contribution in [0.1, 0.15) is 18.1 Å². The molecule has 0 aliphatic heterocycles. The molecule has 3 aromatic carbocycles. The van der Waals surface area contributed by atoms with Gasteiger partial charge in [-0.15, -0.1) is 0 Å². The molecule has 0 fully saturated rings. The summed E-state index contributed by atoms with van der Waals surface area (Å²) in [5, 5.41) is 5.41. The summed E-state index contributed by atoms with van der Waals surface area (Å²) >= 11 is 6.07. The average Bonchev–Trinajstić information content (AvgIpc) is 2.67. The first-order valence-electron chi connectivity index (χ1n) is 9.18. The van der Waals surface area contributed by atoms with Crippen molar-refractivity contribution < 1.29 is 13.2 Å². The van der Waals surface area contributed by atoms with Gasteiger partial charge in [-0.2, -0.15) is 0 Å². The fourth-order valence-electron chi connectivity index (χ4n) is 3.38. The first-order valence-corrected chi connectivity index (χ1v) is 11.4. The molecule has 0 heterocycles. The van der Waals surface area contributed by atoms with E-state index in [1.165, 1.54) is 0 Å². The molecule has 0 unspecified atom stereocenters. The fourth-order valence-corrected chi connectivity index (χ4v) is 4.77. The number of rotatable bonds is 6. The highest BCUT2D eigenvalue weighted by atomic mass is 35.5. The van der Waals surface area contributed by atoms with Crippen molar-refractivity contribution in [1.82, 2.24) is 5.32 Å². The lowest BCUT2D eigenvalue weighted by atomic mass is 10.0. The van der Waals surface area contributed by atoms with Crippen LogP contribution >= 0.6 is 11.6 Å². The summed E-state index contributed by atoms with van der Waals surface area (Å²) in [6.07, 6.45) is 1.09. The van der Waals surface area contributed by atoms with E-state index in [1.807, 2.05) is 42.5 Å². The lowest BCUT2D eigenvalue weighted by molar-refractivity contribution is -0.122. The van der Waals surface area contributed by atoms with E-state index in [2.05, 4.69) is 5.32 Å². The Bertz CT molecular complexity index is 1160. The molecule has 0 saturated carbocycles. The van der Waals surface area contributed by atoms with Crippen LogP contribution < -0.4 is 9.62 Å². The number of carbonyl (C=O) groups excluding carboxylic acids is 1. The molecule has 0 radical (unpaired) electrons. The Morgan fingerprint density at radius 3 is 2.52 bits per heavy atom. The molecule has 1 atom stereocenters. The number of hydrogen-bond donors (Lipinski definition) is 1. The van der Waals surface area contributed by atoms with Crippen LogP contribution in [-0.2, 0) is 21.4 Å². The second-order valence-electron chi connectivity index (χ2n) is 7.02. The first kappa shape index (κ1) is 21.1. The highest BCUT2D eigenvalue weighted by Crippen LogP contribution is 2.28.